The van der Waals surface area contributed by atoms with E-state index in [0.29, 0.717) is 0 Å². The summed E-state index contributed by atoms with van der Waals surface area (Å²) in [6, 6.07) is 87.5. The molecular formula is C59H39N. The van der Waals surface area contributed by atoms with Crippen LogP contribution < -0.4 is 4.90 Å². The van der Waals surface area contributed by atoms with E-state index in [2.05, 4.69) is 241 Å². The molecule has 60 heavy (non-hydrogen) atoms. The Kier molecular flexibility index (Phi) is 7.83. The SMILES string of the molecule is c1ccc(-c2ccc(N(c3ccc4c(c3)C(c3ccccc3)(c3ccccc3)c3ccccc3-4)c3cc4ccc5ccccc5c4c4c3ccc3ccccc34)cc2)cc1. The van der Waals surface area contributed by atoms with Crippen LogP contribution in [0.5, 0.6) is 0 Å². The molecule has 1 nitrogen and oxygen atoms in total. The van der Waals surface area contributed by atoms with Crippen molar-refractivity contribution in [2.45, 2.75) is 5.41 Å². The standard InChI is InChI=1S/C59H39N/c1-4-16-40(17-5-1)41-30-33-47(34-31-41)60(56-38-44-29-28-42-18-10-12-24-49(42)57(44)58-50-25-13-11-19-43(50)32-36-53(56)58)48-35-37-52-51-26-14-15-27-54(51)59(55(52)39-48,45-20-6-2-7-21-45)46-22-8-3-9-23-46/h1-39H. The van der Waals surface area contributed by atoms with Gasteiger partial charge in [0.1, 0.15) is 0 Å². The van der Waals surface area contributed by atoms with Crippen LogP contribution in [0.2, 0.25) is 0 Å². The number of nitrogens with zero attached hydrogens (tertiary/aromatic N) is 1. The molecule has 0 radical (unpaired) electrons. The van der Waals surface area contributed by atoms with Gasteiger partial charge in [0.25, 0.3) is 0 Å². The molecule has 0 aliphatic heterocycles. The monoisotopic (exact) mass is 761 g/mol. The van der Waals surface area contributed by atoms with Crippen LogP contribution in [-0.4, -0.2) is 0 Å². The van der Waals surface area contributed by atoms with Crippen LogP contribution >= 0.6 is 0 Å². The Bertz CT molecular complexity index is 3370. The quantitative estimate of drug-likeness (QED) is 0.153. The molecule has 0 unspecified atom stereocenters. The first-order valence-electron chi connectivity index (χ1n) is 20.8. The van der Waals surface area contributed by atoms with Crippen LogP contribution in [0.25, 0.3) is 65.3 Å². The van der Waals surface area contributed by atoms with Gasteiger partial charge in [0.2, 0.25) is 0 Å². The lowest BCUT2D eigenvalue weighted by Crippen LogP contribution is -2.28. The maximum Gasteiger partial charge on any atom is 0.0714 e. The zero-order chi connectivity index (χ0) is 39.6. The molecule has 1 heteroatoms. The van der Waals surface area contributed by atoms with Gasteiger partial charge in [-0.25, -0.2) is 0 Å². The van der Waals surface area contributed by atoms with Crippen molar-refractivity contribution in [1.29, 1.82) is 0 Å². The maximum absolute atomic E-state index is 2.50. The van der Waals surface area contributed by atoms with E-state index in [1.807, 2.05) is 0 Å². The van der Waals surface area contributed by atoms with E-state index < -0.39 is 5.41 Å². The molecule has 1 aliphatic rings. The minimum Gasteiger partial charge on any atom is -0.310 e. The van der Waals surface area contributed by atoms with Crippen LogP contribution in [0.3, 0.4) is 0 Å². The van der Waals surface area contributed by atoms with Crippen molar-refractivity contribution >= 4 is 60.2 Å². The summed E-state index contributed by atoms with van der Waals surface area (Å²) in [5, 5.41) is 10.0. The third-order valence-electron chi connectivity index (χ3n) is 12.9. The van der Waals surface area contributed by atoms with Crippen molar-refractivity contribution < 1.29 is 0 Å². The zero-order valence-electron chi connectivity index (χ0n) is 33.0. The van der Waals surface area contributed by atoms with E-state index in [9.17, 15) is 0 Å². The van der Waals surface area contributed by atoms with Gasteiger partial charge in [-0.05, 0) is 107 Å². The minimum absolute atomic E-state index is 0.520. The molecular weight excluding hydrogens is 723 g/mol. The third-order valence-corrected chi connectivity index (χ3v) is 12.9. The molecule has 0 atom stereocenters. The average molecular weight is 762 g/mol. The molecule has 280 valence electrons. The Morgan fingerprint density at radius 3 is 1.52 bits per heavy atom. The van der Waals surface area contributed by atoms with Crippen molar-refractivity contribution in [2.24, 2.45) is 0 Å². The lowest BCUT2D eigenvalue weighted by Gasteiger charge is -2.35. The molecule has 0 bridgehead atoms. The molecule has 0 fully saturated rings. The molecule has 0 saturated heterocycles. The van der Waals surface area contributed by atoms with Gasteiger partial charge in [-0.2, -0.15) is 0 Å². The lowest BCUT2D eigenvalue weighted by molar-refractivity contribution is 0.768. The van der Waals surface area contributed by atoms with Crippen LogP contribution in [0.4, 0.5) is 17.1 Å². The smallest absolute Gasteiger partial charge is 0.0714 e. The predicted octanol–water partition coefficient (Wildman–Crippen LogP) is 15.8. The first-order valence-corrected chi connectivity index (χ1v) is 20.8. The molecule has 11 aromatic carbocycles. The van der Waals surface area contributed by atoms with Gasteiger partial charge in [0.15, 0.2) is 0 Å². The summed E-state index contributed by atoms with van der Waals surface area (Å²) in [6.07, 6.45) is 0. The Hall–Kier alpha value is -7.74. The highest BCUT2D eigenvalue weighted by Crippen LogP contribution is 2.57. The second kappa shape index (κ2) is 13.7. The van der Waals surface area contributed by atoms with E-state index in [-0.39, 0.29) is 0 Å². The van der Waals surface area contributed by atoms with Crippen LogP contribution in [0.15, 0.2) is 237 Å². The largest absolute Gasteiger partial charge is 0.310 e. The first-order chi connectivity index (χ1) is 29.8. The normalized spacial score (nSPS) is 12.8. The fraction of sp³-hybridized carbons (Fsp3) is 0.0169. The predicted molar refractivity (Wildman–Crippen MR) is 254 cm³/mol. The first kappa shape index (κ1) is 34.3. The molecule has 1 aliphatic carbocycles. The molecule has 0 amide bonds. The highest BCUT2D eigenvalue weighted by molar-refractivity contribution is 6.30. The topological polar surface area (TPSA) is 3.24 Å². The zero-order valence-corrected chi connectivity index (χ0v) is 33.0. The summed E-state index contributed by atoms with van der Waals surface area (Å²) >= 11 is 0. The Balaban J connectivity index is 1.18. The number of hydrogen-bond acceptors (Lipinski definition) is 1. The van der Waals surface area contributed by atoms with Crippen molar-refractivity contribution in [3.8, 4) is 22.3 Å². The molecule has 0 N–H and O–H groups in total. The van der Waals surface area contributed by atoms with Gasteiger partial charge < -0.3 is 4.90 Å². The maximum atomic E-state index is 2.50. The molecule has 0 heterocycles. The van der Waals surface area contributed by atoms with E-state index in [1.54, 1.807) is 0 Å². The lowest BCUT2D eigenvalue weighted by atomic mass is 9.67. The van der Waals surface area contributed by atoms with Crippen LogP contribution in [0, 0.1) is 0 Å². The van der Waals surface area contributed by atoms with Crippen molar-refractivity contribution in [3.05, 3.63) is 259 Å². The van der Waals surface area contributed by atoms with E-state index in [1.165, 1.54) is 87.6 Å². The van der Waals surface area contributed by atoms with E-state index in [4.69, 9.17) is 0 Å². The fourth-order valence-corrected chi connectivity index (χ4v) is 10.3. The minimum atomic E-state index is -0.520. The number of benzene rings is 11. The van der Waals surface area contributed by atoms with Gasteiger partial charge in [-0.15, -0.1) is 0 Å². The molecule has 0 spiro atoms. The van der Waals surface area contributed by atoms with Crippen molar-refractivity contribution in [2.75, 3.05) is 4.90 Å². The highest BCUT2D eigenvalue weighted by Gasteiger charge is 2.46. The number of anilines is 3. The number of hydrogen-bond donors (Lipinski definition) is 0. The van der Waals surface area contributed by atoms with Crippen molar-refractivity contribution in [3.63, 3.8) is 0 Å². The van der Waals surface area contributed by atoms with Gasteiger partial charge in [0.05, 0.1) is 11.1 Å². The van der Waals surface area contributed by atoms with E-state index >= 15 is 0 Å². The van der Waals surface area contributed by atoms with Gasteiger partial charge in [0, 0.05) is 22.1 Å². The molecule has 0 saturated carbocycles. The highest BCUT2D eigenvalue weighted by atomic mass is 15.1. The average Bonchev–Trinajstić information content (AvgIpc) is 3.63. The summed E-state index contributed by atoms with van der Waals surface area (Å²) in [4.78, 5) is 2.50. The van der Waals surface area contributed by atoms with E-state index in [0.717, 1.165) is 17.1 Å². The fourth-order valence-electron chi connectivity index (χ4n) is 10.3. The second-order valence-electron chi connectivity index (χ2n) is 16.0. The third kappa shape index (κ3) is 5.13. The Labute approximate surface area is 350 Å². The van der Waals surface area contributed by atoms with Crippen molar-refractivity contribution in [1.82, 2.24) is 0 Å². The number of fused-ring (bicyclic) bond motifs is 10. The van der Waals surface area contributed by atoms with Gasteiger partial charge in [-0.1, -0.05) is 206 Å². The van der Waals surface area contributed by atoms with Crippen LogP contribution in [0.1, 0.15) is 22.3 Å². The van der Waals surface area contributed by atoms with Gasteiger partial charge >= 0.3 is 0 Å². The van der Waals surface area contributed by atoms with Gasteiger partial charge in [-0.3, -0.25) is 0 Å². The Morgan fingerprint density at radius 1 is 0.300 bits per heavy atom. The number of rotatable bonds is 6. The van der Waals surface area contributed by atoms with Crippen LogP contribution in [-0.2, 0) is 5.41 Å². The summed E-state index contributed by atoms with van der Waals surface area (Å²) in [5.74, 6) is 0. The molecule has 12 rings (SSSR count). The summed E-state index contributed by atoms with van der Waals surface area (Å²) in [7, 11) is 0. The summed E-state index contributed by atoms with van der Waals surface area (Å²) in [6.45, 7) is 0. The Morgan fingerprint density at radius 2 is 0.817 bits per heavy atom. The molecule has 0 aromatic heterocycles. The summed E-state index contributed by atoms with van der Waals surface area (Å²) in [5.41, 5.74) is 12.9. The molecule has 11 aromatic rings. The summed E-state index contributed by atoms with van der Waals surface area (Å²) < 4.78 is 0. The second-order valence-corrected chi connectivity index (χ2v) is 16.0.